The van der Waals surface area contributed by atoms with Gasteiger partial charge in [0.25, 0.3) is 0 Å². The van der Waals surface area contributed by atoms with E-state index >= 15 is 0 Å². The topological polar surface area (TPSA) is 63.7 Å². The Morgan fingerprint density at radius 2 is 1.72 bits per heavy atom. The van der Waals surface area contributed by atoms with E-state index in [9.17, 15) is 14.4 Å². The average Bonchev–Trinajstić information content (AvgIpc) is 3.30. The maximum absolute atomic E-state index is 13.1. The van der Waals surface area contributed by atoms with Crippen LogP contribution in [0.3, 0.4) is 0 Å². The number of carbonyl (C=O) groups excluding carboxylic acids is 3. The highest BCUT2D eigenvalue weighted by atomic mass is 79.9. The molecule has 0 aromatic heterocycles. The van der Waals surface area contributed by atoms with Crippen molar-refractivity contribution in [3.05, 3.63) is 24.3 Å². The monoisotopic (exact) mass is 525 g/mol. The molecule has 3 fully saturated rings. The smallest absolute Gasteiger partial charge is 0.311 e. The zero-order valence-corrected chi connectivity index (χ0v) is 19.5. The lowest BCUT2D eigenvalue weighted by molar-refractivity contribution is -0.134. The van der Waals surface area contributed by atoms with Crippen LogP contribution in [-0.4, -0.2) is 27.4 Å². The molecule has 0 unspecified atom stereocenters. The molecule has 1 heterocycles. The minimum atomic E-state index is -0.281. The highest BCUT2D eigenvalue weighted by Crippen LogP contribution is 2.60. The maximum atomic E-state index is 13.1. The van der Waals surface area contributed by atoms with Crippen LogP contribution in [-0.2, 0) is 14.4 Å². The Kier molecular flexibility index (Phi) is 6.17. The molecule has 1 aliphatic heterocycles. The van der Waals surface area contributed by atoms with Crippen LogP contribution < -0.4 is 9.64 Å². The number of benzene rings is 1. The summed E-state index contributed by atoms with van der Waals surface area (Å²) >= 11 is 7.41. The van der Waals surface area contributed by atoms with Gasteiger partial charge in [-0.05, 0) is 36.8 Å². The van der Waals surface area contributed by atoms with Crippen molar-refractivity contribution >= 4 is 55.3 Å². The Morgan fingerprint density at radius 3 is 2.34 bits per heavy atom. The molecule has 4 rings (SSSR count). The van der Waals surface area contributed by atoms with Gasteiger partial charge in [0.15, 0.2) is 0 Å². The van der Waals surface area contributed by atoms with E-state index in [1.165, 1.54) is 4.90 Å². The van der Waals surface area contributed by atoms with Crippen molar-refractivity contribution < 1.29 is 19.1 Å². The van der Waals surface area contributed by atoms with E-state index in [1.54, 1.807) is 24.3 Å². The number of halogens is 2. The number of ether oxygens (including phenoxy) is 1. The predicted octanol–water partition coefficient (Wildman–Crippen LogP) is 4.84. The van der Waals surface area contributed by atoms with E-state index in [1.807, 2.05) is 0 Å². The Bertz CT molecular complexity index is 797. The van der Waals surface area contributed by atoms with Crippen LogP contribution in [0.15, 0.2) is 24.3 Å². The number of fused-ring (bicyclic) bond motifs is 5. The van der Waals surface area contributed by atoms with Crippen molar-refractivity contribution in [3.8, 4) is 5.75 Å². The van der Waals surface area contributed by atoms with Crippen LogP contribution in [0.25, 0.3) is 0 Å². The minimum absolute atomic E-state index is 0.126. The van der Waals surface area contributed by atoms with Crippen molar-refractivity contribution in [1.82, 2.24) is 0 Å². The molecule has 2 amide bonds. The van der Waals surface area contributed by atoms with Crippen LogP contribution >= 0.6 is 31.9 Å². The standard InChI is InChI=1S/C22H25Br2NO4/c1-2-3-4-5-9-16(26)29-13-8-6-7-12(10-13)25-21(27)17-14-11-15(18(17)22(25)28)20(24)19(14)23/h6-8,10,14-15,17-20H,2-5,9,11H2,1H3/t14-,15+,17-,18-,19+,20+/m0/s1. The van der Waals surface area contributed by atoms with E-state index in [2.05, 4.69) is 38.8 Å². The third kappa shape index (κ3) is 3.69. The van der Waals surface area contributed by atoms with Gasteiger partial charge < -0.3 is 4.74 Å². The Balaban J connectivity index is 1.47. The molecule has 7 heteroatoms. The Morgan fingerprint density at radius 1 is 1.07 bits per heavy atom. The van der Waals surface area contributed by atoms with Crippen LogP contribution in [0.5, 0.6) is 5.75 Å². The summed E-state index contributed by atoms with van der Waals surface area (Å²) < 4.78 is 5.44. The quantitative estimate of drug-likeness (QED) is 0.167. The highest BCUT2D eigenvalue weighted by Gasteiger charge is 2.66. The van der Waals surface area contributed by atoms with Gasteiger partial charge in [0.1, 0.15) is 5.75 Å². The van der Waals surface area contributed by atoms with Gasteiger partial charge in [-0.25, -0.2) is 4.90 Å². The second kappa shape index (κ2) is 8.50. The predicted molar refractivity (Wildman–Crippen MR) is 117 cm³/mol. The normalized spacial score (nSPS) is 32.7. The number of imide groups is 1. The number of nitrogens with zero attached hydrogens (tertiary/aromatic N) is 1. The zero-order valence-electron chi connectivity index (χ0n) is 16.4. The molecule has 5 nitrogen and oxygen atoms in total. The summed E-state index contributed by atoms with van der Waals surface area (Å²) in [5.41, 5.74) is 0.488. The van der Waals surface area contributed by atoms with E-state index in [0.29, 0.717) is 17.9 Å². The van der Waals surface area contributed by atoms with Crippen molar-refractivity contribution in [2.24, 2.45) is 23.7 Å². The number of unbranched alkanes of at least 4 members (excludes halogenated alkanes) is 3. The van der Waals surface area contributed by atoms with E-state index < -0.39 is 0 Å². The van der Waals surface area contributed by atoms with Gasteiger partial charge in [-0.3, -0.25) is 14.4 Å². The molecule has 156 valence electrons. The summed E-state index contributed by atoms with van der Waals surface area (Å²) in [6.45, 7) is 2.13. The maximum Gasteiger partial charge on any atom is 0.311 e. The molecule has 1 aromatic carbocycles. The van der Waals surface area contributed by atoms with Gasteiger partial charge in [0.2, 0.25) is 11.8 Å². The fraction of sp³-hybridized carbons (Fsp3) is 0.591. The van der Waals surface area contributed by atoms with Crippen molar-refractivity contribution in [1.29, 1.82) is 0 Å². The Labute approximate surface area is 187 Å². The van der Waals surface area contributed by atoms with Crippen LogP contribution in [0.1, 0.15) is 45.4 Å². The molecule has 0 spiro atoms. The first kappa shape index (κ1) is 21.0. The molecular weight excluding hydrogens is 502 g/mol. The van der Waals surface area contributed by atoms with Gasteiger partial charge in [0, 0.05) is 22.1 Å². The minimum Gasteiger partial charge on any atom is -0.426 e. The first-order valence-corrected chi connectivity index (χ1v) is 12.2. The highest BCUT2D eigenvalue weighted by molar-refractivity contribution is 9.12. The zero-order chi connectivity index (χ0) is 20.7. The van der Waals surface area contributed by atoms with Gasteiger partial charge in [-0.15, -0.1) is 0 Å². The molecule has 3 aliphatic rings. The number of carbonyl (C=O) groups is 3. The lowest BCUT2D eigenvalue weighted by atomic mass is 9.81. The van der Waals surface area contributed by atoms with Crippen LogP contribution in [0.4, 0.5) is 5.69 Å². The summed E-state index contributed by atoms with van der Waals surface area (Å²) in [5, 5.41) is 0. The SMILES string of the molecule is CCCCCCC(=O)Oc1cccc(N2C(=O)[C@H]3[C@@H]4C[C@@H]([C@@H](Br)[C@@H]4Br)[C@@H]3C2=O)c1. The number of hydrogen-bond acceptors (Lipinski definition) is 4. The molecule has 2 saturated carbocycles. The van der Waals surface area contributed by atoms with Crippen LogP contribution in [0, 0.1) is 23.7 Å². The number of rotatable bonds is 7. The molecule has 29 heavy (non-hydrogen) atoms. The number of amides is 2. The first-order valence-electron chi connectivity index (χ1n) is 10.4. The number of hydrogen-bond donors (Lipinski definition) is 0. The molecule has 0 radical (unpaired) electrons. The molecule has 1 aromatic rings. The summed E-state index contributed by atoms with van der Waals surface area (Å²) in [4.78, 5) is 40.1. The number of esters is 1. The third-order valence-electron chi connectivity index (χ3n) is 6.53. The van der Waals surface area contributed by atoms with Crippen LogP contribution in [0.2, 0.25) is 0 Å². The summed E-state index contributed by atoms with van der Waals surface area (Å²) in [7, 11) is 0. The lowest BCUT2D eigenvalue weighted by Crippen LogP contribution is -2.37. The van der Waals surface area contributed by atoms with Crippen molar-refractivity contribution in [2.45, 2.75) is 55.1 Å². The number of anilines is 1. The summed E-state index contributed by atoms with van der Waals surface area (Å²) in [6, 6.07) is 6.76. The fourth-order valence-corrected chi connectivity index (χ4v) is 7.04. The van der Waals surface area contributed by atoms with E-state index in [4.69, 9.17) is 4.74 Å². The van der Waals surface area contributed by atoms with Crippen molar-refractivity contribution in [3.63, 3.8) is 0 Å². The third-order valence-corrected chi connectivity index (χ3v) is 9.74. The van der Waals surface area contributed by atoms with Crippen molar-refractivity contribution in [2.75, 3.05) is 4.90 Å². The molecule has 2 aliphatic carbocycles. The molecule has 2 bridgehead atoms. The average molecular weight is 527 g/mol. The van der Waals surface area contributed by atoms with Gasteiger partial charge >= 0.3 is 5.97 Å². The largest absolute Gasteiger partial charge is 0.426 e. The second-order valence-electron chi connectivity index (χ2n) is 8.30. The summed E-state index contributed by atoms with van der Waals surface area (Å²) in [5.74, 6) is -0.304. The van der Waals surface area contributed by atoms with Gasteiger partial charge in [0.05, 0.1) is 17.5 Å². The summed E-state index contributed by atoms with van der Waals surface area (Å²) in [6.07, 6.45) is 5.32. The van der Waals surface area contributed by atoms with Gasteiger partial charge in [-0.2, -0.15) is 0 Å². The fourth-order valence-electron chi connectivity index (χ4n) is 5.17. The Hall–Kier alpha value is -1.21. The molecule has 0 N–H and O–H groups in total. The molecular formula is C22H25Br2NO4. The first-order chi connectivity index (χ1) is 13.9. The van der Waals surface area contributed by atoms with Gasteiger partial charge in [-0.1, -0.05) is 64.1 Å². The number of alkyl halides is 2. The van der Waals surface area contributed by atoms with E-state index in [0.717, 1.165) is 32.1 Å². The molecule has 1 saturated heterocycles. The second-order valence-corrected chi connectivity index (χ2v) is 10.4. The lowest BCUT2D eigenvalue weighted by Gasteiger charge is -2.28. The molecule has 6 atom stereocenters. The van der Waals surface area contributed by atoms with E-state index in [-0.39, 0.29) is 51.1 Å².